The Morgan fingerprint density at radius 2 is 2.13 bits per heavy atom. The zero-order chi connectivity index (χ0) is 10.5. The van der Waals surface area contributed by atoms with E-state index >= 15 is 0 Å². The summed E-state index contributed by atoms with van der Waals surface area (Å²) in [5.74, 6) is 0.555. The maximum Gasteiger partial charge on any atom is 0.242 e. The fourth-order valence-corrected chi connectivity index (χ4v) is 1.61. The summed E-state index contributed by atoms with van der Waals surface area (Å²) >= 11 is 0. The average Bonchev–Trinajstić information content (AvgIpc) is 2.46. The summed E-state index contributed by atoms with van der Waals surface area (Å²) in [4.78, 5) is 19.7. The lowest BCUT2D eigenvalue weighted by Gasteiger charge is -2.14. The van der Waals surface area contributed by atoms with Crippen LogP contribution in [0.2, 0.25) is 0 Å². The number of rotatable bonds is 2. The third kappa shape index (κ3) is 2.65. The van der Waals surface area contributed by atoms with Crippen molar-refractivity contribution in [1.82, 2.24) is 15.3 Å². The molecule has 0 saturated carbocycles. The Morgan fingerprint density at radius 3 is 2.93 bits per heavy atom. The van der Waals surface area contributed by atoms with E-state index in [1.54, 1.807) is 18.5 Å². The van der Waals surface area contributed by atoms with Crippen LogP contribution in [0.1, 0.15) is 19.3 Å². The van der Waals surface area contributed by atoms with Gasteiger partial charge in [-0.3, -0.25) is 4.79 Å². The molecule has 1 amide bonds. The molecule has 1 aromatic heterocycles. The number of anilines is 1. The summed E-state index contributed by atoms with van der Waals surface area (Å²) in [6, 6.07) is 1.55. The van der Waals surface area contributed by atoms with E-state index in [9.17, 15) is 4.79 Å². The van der Waals surface area contributed by atoms with E-state index in [-0.39, 0.29) is 11.9 Å². The summed E-state index contributed by atoms with van der Waals surface area (Å²) in [6.07, 6.45) is 6.24. The molecule has 2 N–H and O–H groups in total. The minimum atomic E-state index is -0.199. The topological polar surface area (TPSA) is 66.9 Å². The molecule has 0 aliphatic carbocycles. The van der Waals surface area contributed by atoms with Crippen molar-refractivity contribution in [3.8, 4) is 0 Å². The molecule has 5 heteroatoms. The van der Waals surface area contributed by atoms with Gasteiger partial charge in [-0.15, -0.1) is 0 Å². The fraction of sp³-hybridized carbons (Fsp3) is 0.500. The third-order valence-corrected chi connectivity index (χ3v) is 2.40. The minimum Gasteiger partial charge on any atom is -0.354 e. The van der Waals surface area contributed by atoms with Crippen LogP contribution >= 0.6 is 0 Å². The van der Waals surface area contributed by atoms with Gasteiger partial charge in [0.05, 0.1) is 0 Å². The number of carbonyl (C=O) groups is 1. The first-order valence-electron chi connectivity index (χ1n) is 5.17. The number of hydrogen-bond acceptors (Lipinski definition) is 4. The minimum absolute atomic E-state index is 0.0416. The summed E-state index contributed by atoms with van der Waals surface area (Å²) < 4.78 is 0. The Kier molecular flexibility index (Phi) is 3.11. The number of nitrogens with zero attached hydrogens (tertiary/aromatic N) is 2. The second kappa shape index (κ2) is 4.72. The molecule has 2 heterocycles. The molecule has 1 saturated heterocycles. The first kappa shape index (κ1) is 9.89. The van der Waals surface area contributed by atoms with Crippen LogP contribution < -0.4 is 10.6 Å². The van der Waals surface area contributed by atoms with E-state index < -0.39 is 0 Å². The van der Waals surface area contributed by atoms with Crippen LogP contribution in [0.25, 0.3) is 0 Å². The average molecular weight is 206 g/mol. The molecular weight excluding hydrogens is 192 g/mol. The molecule has 1 unspecified atom stereocenters. The number of hydrogen-bond donors (Lipinski definition) is 2. The van der Waals surface area contributed by atoms with Gasteiger partial charge in [-0.1, -0.05) is 0 Å². The van der Waals surface area contributed by atoms with Gasteiger partial charge in [0.15, 0.2) is 0 Å². The second-order valence-corrected chi connectivity index (χ2v) is 3.56. The molecular formula is C10H14N4O. The summed E-state index contributed by atoms with van der Waals surface area (Å²) in [6.45, 7) is 0.770. The SMILES string of the molecule is O=C1NCCCCC1Nc1ncccn1. The number of amides is 1. The first-order valence-corrected chi connectivity index (χ1v) is 5.17. The highest BCUT2D eigenvalue weighted by Gasteiger charge is 2.20. The standard InChI is InChI=1S/C10H14N4O/c15-9-8(4-1-2-5-11-9)14-10-12-6-3-7-13-10/h3,6-8H,1-2,4-5H2,(H,11,15)(H,12,13,14). The maximum atomic E-state index is 11.6. The van der Waals surface area contributed by atoms with Gasteiger partial charge in [0, 0.05) is 18.9 Å². The number of nitrogens with one attached hydrogen (secondary N) is 2. The zero-order valence-electron chi connectivity index (χ0n) is 8.44. The van der Waals surface area contributed by atoms with Gasteiger partial charge in [-0.25, -0.2) is 9.97 Å². The highest BCUT2D eigenvalue weighted by molar-refractivity contribution is 5.84. The van der Waals surface area contributed by atoms with Crippen LogP contribution in [0.15, 0.2) is 18.5 Å². The molecule has 80 valence electrons. The molecule has 0 bridgehead atoms. The largest absolute Gasteiger partial charge is 0.354 e. The third-order valence-electron chi connectivity index (χ3n) is 2.40. The van der Waals surface area contributed by atoms with E-state index in [1.807, 2.05) is 0 Å². The molecule has 1 aromatic rings. The van der Waals surface area contributed by atoms with Gasteiger partial charge in [-0.05, 0) is 25.3 Å². The Balaban J connectivity index is 2.01. The van der Waals surface area contributed by atoms with Crippen LogP contribution in [0.4, 0.5) is 5.95 Å². The maximum absolute atomic E-state index is 11.6. The molecule has 15 heavy (non-hydrogen) atoms. The zero-order valence-corrected chi connectivity index (χ0v) is 8.44. The highest BCUT2D eigenvalue weighted by atomic mass is 16.2. The quantitative estimate of drug-likeness (QED) is 0.742. The monoisotopic (exact) mass is 206 g/mol. The number of carbonyl (C=O) groups excluding carboxylic acids is 1. The van der Waals surface area contributed by atoms with Gasteiger partial charge in [0.25, 0.3) is 0 Å². The molecule has 1 atom stereocenters. The van der Waals surface area contributed by atoms with Crippen molar-refractivity contribution < 1.29 is 4.79 Å². The molecule has 0 radical (unpaired) electrons. The Morgan fingerprint density at radius 1 is 1.33 bits per heavy atom. The summed E-state index contributed by atoms with van der Waals surface area (Å²) in [5, 5.41) is 5.89. The Labute approximate surface area is 88.3 Å². The molecule has 1 fully saturated rings. The van der Waals surface area contributed by atoms with Crippen LogP contribution in [0, 0.1) is 0 Å². The lowest BCUT2D eigenvalue weighted by Crippen LogP contribution is -2.38. The first-order chi connectivity index (χ1) is 7.36. The molecule has 0 spiro atoms. The molecule has 1 aliphatic rings. The van der Waals surface area contributed by atoms with Gasteiger partial charge in [-0.2, -0.15) is 0 Å². The van der Waals surface area contributed by atoms with Crippen molar-refractivity contribution in [1.29, 1.82) is 0 Å². The molecule has 2 rings (SSSR count). The van der Waals surface area contributed by atoms with Crippen molar-refractivity contribution in [2.24, 2.45) is 0 Å². The lowest BCUT2D eigenvalue weighted by atomic mass is 10.1. The van der Waals surface area contributed by atoms with Crippen molar-refractivity contribution in [2.45, 2.75) is 25.3 Å². The Hall–Kier alpha value is -1.65. The van der Waals surface area contributed by atoms with E-state index in [1.165, 1.54) is 0 Å². The van der Waals surface area contributed by atoms with Gasteiger partial charge < -0.3 is 10.6 Å². The normalized spacial score (nSPS) is 21.6. The molecule has 5 nitrogen and oxygen atoms in total. The summed E-state index contributed by atoms with van der Waals surface area (Å²) in [5.41, 5.74) is 0. The van der Waals surface area contributed by atoms with Crippen molar-refractivity contribution >= 4 is 11.9 Å². The van der Waals surface area contributed by atoms with Crippen LogP contribution in [-0.2, 0) is 4.79 Å². The second-order valence-electron chi connectivity index (χ2n) is 3.56. The summed E-state index contributed by atoms with van der Waals surface area (Å²) in [7, 11) is 0. The smallest absolute Gasteiger partial charge is 0.242 e. The Bertz CT molecular complexity index is 327. The van der Waals surface area contributed by atoms with Crippen LogP contribution in [-0.4, -0.2) is 28.5 Å². The van der Waals surface area contributed by atoms with E-state index in [0.29, 0.717) is 5.95 Å². The molecule has 1 aliphatic heterocycles. The van der Waals surface area contributed by atoms with Crippen molar-refractivity contribution in [2.75, 3.05) is 11.9 Å². The lowest BCUT2D eigenvalue weighted by molar-refractivity contribution is -0.121. The van der Waals surface area contributed by atoms with E-state index in [4.69, 9.17) is 0 Å². The van der Waals surface area contributed by atoms with Crippen LogP contribution in [0.5, 0.6) is 0 Å². The van der Waals surface area contributed by atoms with Gasteiger partial charge in [0.2, 0.25) is 11.9 Å². The predicted octanol–water partition coefficient (Wildman–Crippen LogP) is 0.557. The predicted molar refractivity (Wildman–Crippen MR) is 56.3 cm³/mol. The van der Waals surface area contributed by atoms with E-state index in [2.05, 4.69) is 20.6 Å². The van der Waals surface area contributed by atoms with Crippen LogP contribution in [0.3, 0.4) is 0 Å². The highest BCUT2D eigenvalue weighted by Crippen LogP contribution is 2.09. The van der Waals surface area contributed by atoms with Gasteiger partial charge >= 0.3 is 0 Å². The van der Waals surface area contributed by atoms with Crippen molar-refractivity contribution in [3.63, 3.8) is 0 Å². The van der Waals surface area contributed by atoms with Gasteiger partial charge in [0.1, 0.15) is 6.04 Å². The molecule has 0 aromatic carbocycles. The fourth-order valence-electron chi connectivity index (χ4n) is 1.61. The van der Waals surface area contributed by atoms with E-state index in [0.717, 1.165) is 25.8 Å². The number of aromatic nitrogens is 2. The van der Waals surface area contributed by atoms with Crippen molar-refractivity contribution in [3.05, 3.63) is 18.5 Å².